The minimum Gasteiger partial charge on any atom is -0.349 e. The highest BCUT2D eigenvalue weighted by Gasteiger charge is 2.03. The van der Waals surface area contributed by atoms with Crippen molar-refractivity contribution in [2.75, 3.05) is 33.7 Å². The lowest BCUT2D eigenvalue weighted by molar-refractivity contribution is -0.128. The van der Waals surface area contributed by atoms with Crippen LogP contribution in [0.5, 0.6) is 0 Å². The molecule has 0 aliphatic carbocycles. The van der Waals surface area contributed by atoms with Gasteiger partial charge in [-0.15, -0.1) is 0 Å². The lowest BCUT2D eigenvalue weighted by Crippen LogP contribution is -2.35. The molecule has 0 heterocycles. The van der Waals surface area contributed by atoms with Crippen LogP contribution in [-0.4, -0.2) is 50.4 Å². The fourth-order valence-electron chi connectivity index (χ4n) is 0.821. The maximum absolute atomic E-state index is 11.1. The van der Waals surface area contributed by atoms with E-state index in [9.17, 15) is 9.59 Å². The predicted molar refractivity (Wildman–Crippen MR) is 54.8 cm³/mol. The highest BCUT2D eigenvalue weighted by Crippen LogP contribution is 1.84. The molecule has 0 aliphatic heterocycles. The smallest absolute Gasteiger partial charge is 0.234 e. The molecule has 0 radical (unpaired) electrons. The maximum Gasteiger partial charge on any atom is 0.234 e. The van der Waals surface area contributed by atoms with E-state index in [1.165, 1.54) is 4.90 Å². The first-order valence-electron chi connectivity index (χ1n) is 4.62. The molecule has 0 saturated carbocycles. The Bertz CT molecular complexity index is 257. The third-order valence-electron chi connectivity index (χ3n) is 1.66. The quantitative estimate of drug-likeness (QED) is 0.423. The van der Waals surface area contributed by atoms with Crippen LogP contribution in [0.2, 0.25) is 0 Å². The number of rotatable bonds is 6. The fraction of sp³-hybridized carbons (Fsp3) is 0.667. The van der Waals surface area contributed by atoms with Gasteiger partial charge in [0.2, 0.25) is 11.8 Å². The van der Waals surface area contributed by atoms with Gasteiger partial charge in [-0.05, 0) is 0 Å². The van der Waals surface area contributed by atoms with E-state index in [1.807, 2.05) is 0 Å². The van der Waals surface area contributed by atoms with Crippen molar-refractivity contribution in [1.29, 1.82) is 5.26 Å². The molecule has 6 heteroatoms. The number of hydrogen-bond donors (Lipinski definition) is 2. The zero-order chi connectivity index (χ0) is 11.7. The Morgan fingerprint density at radius 3 is 2.60 bits per heavy atom. The lowest BCUT2D eigenvalue weighted by Gasteiger charge is -2.10. The van der Waals surface area contributed by atoms with Gasteiger partial charge >= 0.3 is 0 Å². The number of nitrogens with zero attached hydrogens (tertiary/aromatic N) is 2. The molecule has 84 valence electrons. The average Bonchev–Trinajstić information content (AvgIpc) is 2.20. The van der Waals surface area contributed by atoms with E-state index in [4.69, 9.17) is 5.26 Å². The van der Waals surface area contributed by atoms with Crippen LogP contribution in [0.4, 0.5) is 0 Å². The Morgan fingerprint density at radius 2 is 2.07 bits per heavy atom. The van der Waals surface area contributed by atoms with Gasteiger partial charge in [-0.25, -0.2) is 0 Å². The minimum absolute atomic E-state index is 0.0111. The third-order valence-corrected chi connectivity index (χ3v) is 1.66. The number of hydrogen-bond acceptors (Lipinski definition) is 4. The van der Waals surface area contributed by atoms with Crippen LogP contribution >= 0.6 is 0 Å². The average molecular weight is 212 g/mol. The van der Waals surface area contributed by atoms with Gasteiger partial charge in [-0.2, -0.15) is 5.26 Å². The maximum atomic E-state index is 11.1. The lowest BCUT2D eigenvalue weighted by atomic mass is 10.4. The zero-order valence-corrected chi connectivity index (χ0v) is 9.04. The molecule has 0 aromatic heterocycles. The molecule has 0 aromatic carbocycles. The van der Waals surface area contributed by atoms with E-state index in [1.54, 1.807) is 20.2 Å². The summed E-state index contributed by atoms with van der Waals surface area (Å²) in [5.41, 5.74) is 0. The van der Waals surface area contributed by atoms with Gasteiger partial charge in [-0.3, -0.25) is 9.59 Å². The van der Waals surface area contributed by atoms with Gasteiger partial charge in [0.15, 0.2) is 0 Å². The first-order valence-corrected chi connectivity index (χ1v) is 4.62. The largest absolute Gasteiger partial charge is 0.349 e. The topological polar surface area (TPSA) is 85.2 Å². The summed E-state index contributed by atoms with van der Waals surface area (Å²) in [6.45, 7) is 0.594. The zero-order valence-electron chi connectivity index (χ0n) is 9.04. The molecule has 0 saturated heterocycles. The van der Waals surface area contributed by atoms with Gasteiger partial charge in [-0.1, -0.05) is 0 Å². The Labute approximate surface area is 89.2 Å². The van der Waals surface area contributed by atoms with E-state index >= 15 is 0 Å². The van der Waals surface area contributed by atoms with Crippen molar-refractivity contribution in [2.45, 2.75) is 6.42 Å². The van der Waals surface area contributed by atoms with Crippen molar-refractivity contribution >= 4 is 11.8 Å². The molecule has 2 N–H and O–H groups in total. The summed E-state index contributed by atoms with van der Waals surface area (Å²) in [6, 6.07) is 1.80. The summed E-state index contributed by atoms with van der Waals surface area (Å²) in [6.07, 6.45) is 0.360. The van der Waals surface area contributed by atoms with Crippen molar-refractivity contribution in [3.05, 3.63) is 0 Å². The van der Waals surface area contributed by atoms with Crippen molar-refractivity contribution < 1.29 is 9.59 Å². The molecule has 0 fully saturated rings. The number of amides is 2. The second-order valence-corrected chi connectivity index (χ2v) is 3.15. The Hall–Kier alpha value is -1.61. The van der Waals surface area contributed by atoms with Crippen LogP contribution in [0.25, 0.3) is 0 Å². The summed E-state index contributed by atoms with van der Waals surface area (Å²) in [5.74, 6) is -0.228. The van der Waals surface area contributed by atoms with Crippen molar-refractivity contribution in [2.24, 2.45) is 0 Å². The monoisotopic (exact) mass is 212 g/mol. The molecular formula is C9H16N4O2. The summed E-state index contributed by atoms with van der Waals surface area (Å²) in [7, 11) is 3.36. The van der Waals surface area contributed by atoms with Crippen LogP contribution in [0.1, 0.15) is 6.42 Å². The Kier molecular flexibility index (Phi) is 6.93. The molecule has 0 rings (SSSR count). The number of carbonyl (C=O) groups excluding carboxylic acids is 2. The van der Waals surface area contributed by atoms with Crippen LogP contribution in [0, 0.1) is 11.3 Å². The van der Waals surface area contributed by atoms with Crippen molar-refractivity contribution in [3.8, 4) is 6.07 Å². The molecule has 0 aliphatic rings. The standard InChI is InChI=1S/C9H16N4O2/c1-13(2)9(15)3-5-11-7-8(14)12-6-4-10/h11H,3,5-7H2,1-2H3,(H,12,14). The summed E-state index contributed by atoms with van der Waals surface area (Å²) in [5, 5.41) is 13.4. The third kappa shape index (κ3) is 7.46. The molecule has 0 atom stereocenters. The summed E-state index contributed by atoms with van der Waals surface area (Å²) in [4.78, 5) is 23.6. The molecule has 0 bridgehead atoms. The van der Waals surface area contributed by atoms with E-state index in [0.717, 1.165) is 0 Å². The van der Waals surface area contributed by atoms with Gasteiger partial charge in [0.25, 0.3) is 0 Å². The van der Waals surface area contributed by atoms with Crippen molar-refractivity contribution in [1.82, 2.24) is 15.5 Å². The second kappa shape index (κ2) is 7.76. The van der Waals surface area contributed by atoms with E-state index < -0.39 is 0 Å². The number of carbonyl (C=O) groups is 2. The summed E-state index contributed by atoms with van der Waals surface area (Å²) >= 11 is 0. The molecular weight excluding hydrogens is 196 g/mol. The van der Waals surface area contributed by atoms with E-state index in [2.05, 4.69) is 10.6 Å². The Morgan fingerprint density at radius 1 is 1.40 bits per heavy atom. The van der Waals surface area contributed by atoms with Gasteiger partial charge < -0.3 is 15.5 Å². The SMILES string of the molecule is CN(C)C(=O)CCNCC(=O)NCC#N. The minimum atomic E-state index is -0.242. The highest BCUT2D eigenvalue weighted by atomic mass is 16.2. The first-order chi connectivity index (χ1) is 7.07. The number of nitriles is 1. The molecule has 6 nitrogen and oxygen atoms in total. The molecule has 2 amide bonds. The molecule has 0 unspecified atom stereocenters. The summed E-state index contributed by atoms with van der Waals surface area (Å²) < 4.78 is 0. The van der Waals surface area contributed by atoms with Crippen LogP contribution in [-0.2, 0) is 9.59 Å². The molecule has 0 spiro atoms. The second-order valence-electron chi connectivity index (χ2n) is 3.15. The molecule has 15 heavy (non-hydrogen) atoms. The Balaban J connectivity index is 3.43. The highest BCUT2D eigenvalue weighted by molar-refractivity contribution is 5.78. The van der Waals surface area contributed by atoms with E-state index in [0.29, 0.717) is 13.0 Å². The van der Waals surface area contributed by atoms with Gasteiger partial charge in [0.1, 0.15) is 6.54 Å². The van der Waals surface area contributed by atoms with Crippen molar-refractivity contribution in [3.63, 3.8) is 0 Å². The van der Waals surface area contributed by atoms with Crippen LogP contribution in [0.15, 0.2) is 0 Å². The predicted octanol–water partition coefficient (Wildman–Crippen LogP) is -1.31. The van der Waals surface area contributed by atoms with Crippen LogP contribution in [0.3, 0.4) is 0 Å². The van der Waals surface area contributed by atoms with E-state index in [-0.39, 0.29) is 24.9 Å². The first kappa shape index (κ1) is 13.4. The molecule has 0 aromatic rings. The van der Waals surface area contributed by atoms with Gasteiger partial charge in [0, 0.05) is 27.1 Å². The van der Waals surface area contributed by atoms with Gasteiger partial charge in [0.05, 0.1) is 12.6 Å². The normalized spacial score (nSPS) is 9.13. The number of nitrogens with one attached hydrogen (secondary N) is 2. The fourth-order valence-corrected chi connectivity index (χ4v) is 0.821. The van der Waals surface area contributed by atoms with Crippen LogP contribution < -0.4 is 10.6 Å².